The summed E-state index contributed by atoms with van der Waals surface area (Å²) in [5, 5.41) is 4.56. The maximum Gasteiger partial charge on any atom is 0.253 e. The second-order valence-electron chi connectivity index (χ2n) is 4.51. The zero-order valence-corrected chi connectivity index (χ0v) is 11.8. The molecule has 102 valence electrons. The van der Waals surface area contributed by atoms with Gasteiger partial charge in [-0.25, -0.2) is 15.4 Å². The van der Waals surface area contributed by atoms with Gasteiger partial charge in [0.25, 0.3) is 5.91 Å². The molecule has 1 aromatic rings. The molecule has 1 atom stereocenters. The minimum Gasteiger partial charge on any atom is -0.272 e. The van der Waals surface area contributed by atoms with E-state index in [1.165, 1.54) is 31.0 Å². The minimum absolute atomic E-state index is 0.101. The predicted molar refractivity (Wildman–Crippen MR) is 76.0 cm³/mol. The van der Waals surface area contributed by atoms with Crippen molar-refractivity contribution in [1.82, 2.24) is 15.4 Å². The van der Waals surface area contributed by atoms with Gasteiger partial charge in [0.15, 0.2) is 5.16 Å². The number of nitrogens with one attached hydrogen (secondary N) is 1. The van der Waals surface area contributed by atoms with Crippen LogP contribution in [0, 0.1) is 0 Å². The molecule has 0 aliphatic heterocycles. The number of hydrogen-bond donors (Lipinski definition) is 1. The number of carbonyl (C=O) groups is 1. The number of hydrogen-bond acceptors (Lipinski definition) is 5. The Hall–Kier alpha value is -1.43. The smallest absolute Gasteiger partial charge is 0.253 e. The van der Waals surface area contributed by atoms with Crippen molar-refractivity contribution in [3.63, 3.8) is 0 Å². The lowest BCUT2D eigenvalue weighted by Gasteiger charge is -2.13. The average Bonchev–Trinajstić information content (AvgIpc) is 2.47. The standard InChI is InChI=1S/C13H18N4OS/c1-10(19-13-14-8-5-9-15-13)12(18)17-16-11-6-3-2-4-7-11/h5,8-10H,2-4,6-7H2,1H3,(H,17,18). The first-order valence-corrected chi connectivity index (χ1v) is 7.42. The topological polar surface area (TPSA) is 67.2 Å². The zero-order chi connectivity index (χ0) is 13.5. The summed E-state index contributed by atoms with van der Waals surface area (Å²) in [7, 11) is 0. The van der Waals surface area contributed by atoms with Gasteiger partial charge < -0.3 is 0 Å². The Morgan fingerprint density at radius 3 is 2.68 bits per heavy atom. The third-order valence-electron chi connectivity index (χ3n) is 2.95. The Morgan fingerprint density at radius 1 is 1.32 bits per heavy atom. The van der Waals surface area contributed by atoms with Crippen LogP contribution in [0.5, 0.6) is 0 Å². The first-order chi connectivity index (χ1) is 9.25. The molecule has 0 aromatic carbocycles. The highest BCUT2D eigenvalue weighted by molar-refractivity contribution is 8.00. The van der Waals surface area contributed by atoms with E-state index in [0.717, 1.165) is 18.6 Å². The molecule has 19 heavy (non-hydrogen) atoms. The Kier molecular flexibility index (Phi) is 5.32. The van der Waals surface area contributed by atoms with E-state index in [9.17, 15) is 4.79 Å². The second-order valence-corrected chi connectivity index (χ2v) is 5.81. The van der Waals surface area contributed by atoms with Crippen LogP contribution in [0.4, 0.5) is 0 Å². The summed E-state index contributed by atoms with van der Waals surface area (Å²) >= 11 is 1.33. The van der Waals surface area contributed by atoms with Gasteiger partial charge >= 0.3 is 0 Å². The van der Waals surface area contributed by atoms with E-state index in [0.29, 0.717) is 5.16 Å². The first-order valence-electron chi connectivity index (χ1n) is 6.54. The number of thioether (sulfide) groups is 1. The molecule has 1 N–H and O–H groups in total. The Bertz CT molecular complexity index is 441. The lowest BCUT2D eigenvalue weighted by molar-refractivity contribution is -0.120. The van der Waals surface area contributed by atoms with Crippen molar-refractivity contribution >= 4 is 23.4 Å². The van der Waals surface area contributed by atoms with E-state index >= 15 is 0 Å². The van der Waals surface area contributed by atoms with Crippen LogP contribution >= 0.6 is 11.8 Å². The summed E-state index contributed by atoms with van der Waals surface area (Å²) < 4.78 is 0. The number of aromatic nitrogens is 2. The number of nitrogens with zero attached hydrogens (tertiary/aromatic N) is 3. The SMILES string of the molecule is CC(Sc1ncccn1)C(=O)NN=C1CCCCC1. The summed E-state index contributed by atoms with van der Waals surface area (Å²) in [5.41, 5.74) is 3.75. The van der Waals surface area contributed by atoms with Gasteiger partial charge in [-0.2, -0.15) is 5.10 Å². The van der Waals surface area contributed by atoms with Gasteiger partial charge in [-0.15, -0.1) is 0 Å². The summed E-state index contributed by atoms with van der Waals surface area (Å²) in [6.07, 6.45) is 8.97. The average molecular weight is 278 g/mol. The van der Waals surface area contributed by atoms with Gasteiger partial charge in [0, 0.05) is 18.1 Å². The van der Waals surface area contributed by atoms with Gasteiger partial charge in [0.1, 0.15) is 0 Å². The Morgan fingerprint density at radius 2 is 2.00 bits per heavy atom. The molecule has 1 amide bonds. The molecule has 5 nitrogen and oxygen atoms in total. The van der Waals surface area contributed by atoms with Crippen LogP contribution in [0.3, 0.4) is 0 Å². The van der Waals surface area contributed by atoms with E-state index in [-0.39, 0.29) is 11.2 Å². The van der Waals surface area contributed by atoms with Gasteiger partial charge in [-0.1, -0.05) is 18.2 Å². The summed E-state index contributed by atoms with van der Waals surface area (Å²) in [5.74, 6) is -0.101. The van der Waals surface area contributed by atoms with Crippen LogP contribution in [-0.4, -0.2) is 26.8 Å². The van der Waals surface area contributed by atoms with E-state index in [1.807, 2.05) is 6.92 Å². The fraction of sp³-hybridized carbons (Fsp3) is 0.538. The normalized spacial score (nSPS) is 16.8. The molecule has 6 heteroatoms. The molecule has 1 unspecified atom stereocenters. The first kappa shape index (κ1) is 14.0. The van der Waals surface area contributed by atoms with Crippen LogP contribution in [0.2, 0.25) is 0 Å². The fourth-order valence-electron chi connectivity index (χ4n) is 1.85. The monoisotopic (exact) mass is 278 g/mol. The van der Waals surface area contributed by atoms with Crippen molar-refractivity contribution < 1.29 is 4.79 Å². The minimum atomic E-state index is -0.254. The van der Waals surface area contributed by atoms with Crippen molar-refractivity contribution in [2.75, 3.05) is 0 Å². The van der Waals surface area contributed by atoms with Crippen LogP contribution in [-0.2, 0) is 4.79 Å². The lowest BCUT2D eigenvalue weighted by atomic mass is 9.99. The molecule has 2 rings (SSSR count). The number of hydrazone groups is 1. The molecule has 0 saturated heterocycles. The molecule has 1 aliphatic rings. The second kappa shape index (κ2) is 7.23. The molecule has 0 bridgehead atoms. The summed E-state index contributed by atoms with van der Waals surface area (Å²) in [6, 6.07) is 1.75. The van der Waals surface area contributed by atoms with Crippen molar-refractivity contribution in [2.24, 2.45) is 5.10 Å². The highest BCUT2D eigenvalue weighted by atomic mass is 32.2. The van der Waals surface area contributed by atoms with Crippen molar-refractivity contribution in [2.45, 2.75) is 49.4 Å². The maximum atomic E-state index is 11.9. The zero-order valence-electron chi connectivity index (χ0n) is 11.0. The van der Waals surface area contributed by atoms with E-state index in [2.05, 4.69) is 20.5 Å². The van der Waals surface area contributed by atoms with Crippen molar-refractivity contribution in [3.8, 4) is 0 Å². The van der Waals surface area contributed by atoms with Gasteiger partial charge in [0.05, 0.1) is 5.25 Å². The molecule has 1 aliphatic carbocycles. The van der Waals surface area contributed by atoms with E-state index in [4.69, 9.17) is 0 Å². The lowest BCUT2D eigenvalue weighted by Crippen LogP contribution is -2.28. The van der Waals surface area contributed by atoms with Gasteiger partial charge in [0.2, 0.25) is 0 Å². The molecule has 1 saturated carbocycles. The number of rotatable bonds is 4. The fourth-order valence-corrected chi connectivity index (χ4v) is 2.57. The van der Waals surface area contributed by atoms with E-state index < -0.39 is 0 Å². The molecule has 0 radical (unpaired) electrons. The Balaban J connectivity index is 1.82. The van der Waals surface area contributed by atoms with Crippen LogP contribution in [0.1, 0.15) is 39.0 Å². The van der Waals surface area contributed by atoms with Crippen molar-refractivity contribution in [1.29, 1.82) is 0 Å². The summed E-state index contributed by atoms with van der Waals surface area (Å²) in [6.45, 7) is 1.83. The number of amides is 1. The third kappa shape index (κ3) is 4.63. The third-order valence-corrected chi connectivity index (χ3v) is 3.94. The summed E-state index contributed by atoms with van der Waals surface area (Å²) in [4.78, 5) is 20.1. The highest BCUT2D eigenvalue weighted by Gasteiger charge is 2.15. The van der Waals surface area contributed by atoms with Gasteiger partial charge in [-0.05, 0) is 38.7 Å². The molecular weight excluding hydrogens is 260 g/mol. The maximum absolute atomic E-state index is 11.9. The van der Waals surface area contributed by atoms with Gasteiger partial charge in [-0.3, -0.25) is 4.79 Å². The molecular formula is C13H18N4OS. The van der Waals surface area contributed by atoms with E-state index in [1.54, 1.807) is 18.5 Å². The Labute approximate surface area is 117 Å². The molecule has 1 aromatic heterocycles. The molecule has 1 heterocycles. The molecule has 0 spiro atoms. The highest BCUT2D eigenvalue weighted by Crippen LogP contribution is 2.18. The largest absolute Gasteiger partial charge is 0.272 e. The van der Waals surface area contributed by atoms with Crippen LogP contribution < -0.4 is 5.43 Å². The number of carbonyl (C=O) groups excluding carboxylic acids is 1. The van der Waals surface area contributed by atoms with Crippen LogP contribution in [0.15, 0.2) is 28.7 Å². The predicted octanol–water partition coefficient (Wildman–Crippen LogP) is 2.39. The quantitative estimate of drug-likeness (QED) is 0.521. The van der Waals surface area contributed by atoms with Crippen molar-refractivity contribution in [3.05, 3.63) is 18.5 Å². The van der Waals surface area contributed by atoms with Crippen LogP contribution in [0.25, 0.3) is 0 Å². The molecule has 1 fully saturated rings.